The van der Waals surface area contributed by atoms with Crippen LogP contribution in [-0.2, 0) is 0 Å². The summed E-state index contributed by atoms with van der Waals surface area (Å²) in [7, 11) is 0. The Morgan fingerprint density at radius 2 is 2.13 bits per heavy atom. The number of aromatic nitrogens is 2. The number of nitrogens with zero attached hydrogens (tertiary/aromatic N) is 3. The zero-order chi connectivity index (χ0) is 11.1. The second kappa shape index (κ2) is 6.98. The molecule has 0 unspecified atom stereocenters. The van der Waals surface area contributed by atoms with Crippen LogP contribution < -0.4 is 5.32 Å². The Morgan fingerprint density at radius 1 is 1.33 bits per heavy atom. The van der Waals surface area contributed by atoms with E-state index in [9.17, 15) is 0 Å². The van der Waals surface area contributed by atoms with Crippen LogP contribution in [0.5, 0.6) is 0 Å². The van der Waals surface area contributed by atoms with Gasteiger partial charge in [-0.05, 0) is 19.5 Å². The molecule has 86 valence electrons. The standard InChI is InChI=1S/C9H17ClN4S/c1-3-6-14(4-2)7-5-11-9-8(10)12-15-13-9/h3-7H2,1-2H3,(H,11,13). The fourth-order valence-electron chi connectivity index (χ4n) is 1.36. The van der Waals surface area contributed by atoms with E-state index in [-0.39, 0.29) is 0 Å². The first-order valence-corrected chi connectivity index (χ1v) is 6.33. The van der Waals surface area contributed by atoms with Crippen molar-refractivity contribution < 1.29 is 0 Å². The summed E-state index contributed by atoms with van der Waals surface area (Å²) in [5.41, 5.74) is 0. The van der Waals surface area contributed by atoms with Crippen LogP contribution >= 0.6 is 23.3 Å². The maximum atomic E-state index is 5.81. The molecule has 1 aromatic rings. The summed E-state index contributed by atoms with van der Waals surface area (Å²) in [6.45, 7) is 8.46. The Hall–Kier alpha value is -0.390. The lowest BCUT2D eigenvalue weighted by Crippen LogP contribution is -2.29. The van der Waals surface area contributed by atoms with Gasteiger partial charge in [-0.1, -0.05) is 25.4 Å². The van der Waals surface area contributed by atoms with E-state index in [2.05, 4.69) is 32.8 Å². The Balaban J connectivity index is 2.23. The van der Waals surface area contributed by atoms with E-state index in [0.717, 1.165) is 37.9 Å². The Morgan fingerprint density at radius 3 is 2.67 bits per heavy atom. The van der Waals surface area contributed by atoms with Crippen molar-refractivity contribution in [2.45, 2.75) is 20.3 Å². The molecule has 0 radical (unpaired) electrons. The van der Waals surface area contributed by atoms with Gasteiger partial charge in [0, 0.05) is 13.1 Å². The summed E-state index contributed by atoms with van der Waals surface area (Å²) in [5, 5.41) is 3.65. The van der Waals surface area contributed by atoms with E-state index >= 15 is 0 Å². The molecule has 1 rings (SSSR count). The number of anilines is 1. The molecule has 0 saturated heterocycles. The number of nitrogens with one attached hydrogen (secondary N) is 1. The van der Waals surface area contributed by atoms with E-state index in [0.29, 0.717) is 11.0 Å². The van der Waals surface area contributed by atoms with Crippen LogP contribution in [0.3, 0.4) is 0 Å². The Bertz CT molecular complexity index is 279. The molecule has 0 aromatic carbocycles. The highest BCUT2D eigenvalue weighted by Gasteiger charge is 2.05. The minimum Gasteiger partial charge on any atom is -0.365 e. The normalized spacial score (nSPS) is 10.9. The van der Waals surface area contributed by atoms with Gasteiger partial charge < -0.3 is 10.2 Å². The first-order chi connectivity index (χ1) is 7.27. The molecule has 1 aromatic heterocycles. The molecule has 15 heavy (non-hydrogen) atoms. The molecule has 0 fully saturated rings. The SMILES string of the molecule is CCCN(CC)CCNc1nsnc1Cl. The second-order valence-electron chi connectivity index (χ2n) is 3.26. The van der Waals surface area contributed by atoms with E-state index in [4.69, 9.17) is 11.6 Å². The quantitative estimate of drug-likeness (QED) is 0.804. The summed E-state index contributed by atoms with van der Waals surface area (Å²) < 4.78 is 7.94. The van der Waals surface area contributed by atoms with Crippen LogP contribution in [0.25, 0.3) is 0 Å². The summed E-state index contributed by atoms with van der Waals surface area (Å²) >= 11 is 6.94. The second-order valence-corrected chi connectivity index (χ2v) is 4.15. The number of hydrogen-bond donors (Lipinski definition) is 1. The molecule has 0 aliphatic rings. The van der Waals surface area contributed by atoms with Gasteiger partial charge in [-0.25, -0.2) is 0 Å². The first kappa shape index (κ1) is 12.7. The van der Waals surface area contributed by atoms with Gasteiger partial charge in [-0.3, -0.25) is 0 Å². The minimum atomic E-state index is 0.471. The topological polar surface area (TPSA) is 41.0 Å². The maximum Gasteiger partial charge on any atom is 0.186 e. The van der Waals surface area contributed by atoms with Crippen LogP contribution in [-0.4, -0.2) is 39.8 Å². The molecular formula is C9H17ClN4S. The first-order valence-electron chi connectivity index (χ1n) is 5.22. The lowest BCUT2D eigenvalue weighted by molar-refractivity contribution is 0.300. The largest absolute Gasteiger partial charge is 0.365 e. The highest BCUT2D eigenvalue weighted by molar-refractivity contribution is 6.99. The molecule has 0 spiro atoms. The zero-order valence-corrected chi connectivity index (χ0v) is 10.7. The van der Waals surface area contributed by atoms with Crippen LogP contribution in [0, 0.1) is 0 Å². The van der Waals surface area contributed by atoms with Gasteiger partial charge in [-0.2, -0.15) is 8.75 Å². The Labute approximate surface area is 100.0 Å². The van der Waals surface area contributed by atoms with Crippen LogP contribution in [0.2, 0.25) is 5.15 Å². The molecule has 0 aliphatic carbocycles. The van der Waals surface area contributed by atoms with Gasteiger partial charge in [0.2, 0.25) is 0 Å². The van der Waals surface area contributed by atoms with Crippen LogP contribution in [0.15, 0.2) is 0 Å². The van der Waals surface area contributed by atoms with E-state index < -0.39 is 0 Å². The van der Waals surface area contributed by atoms with Gasteiger partial charge >= 0.3 is 0 Å². The van der Waals surface area contributed by atoms with Gasteiger partial charge in [0.05, 0.1) is 11.7 Å². The van der Waals surface area contributed by atoms with Crippen molar-refractivity contribution >= 4 is 29.1 Å². The van der Waals surface area contributed by atoms with Crippen molar-refractivity contribution in [3.05, 3.63) is 5.15 Å². The third-order valence-electron chi connectivity index (χ3n) is 2.16. The van der Waals surface area contributed by atoms with E-state index in [1.54, 1.807) is 0 Å². The predicted molar refractivity (Wildman–Crippen MR) is 65.8 cm³/mol. The zero-order valence-electron chi connectivity index (χ0n) is 9.16. The summed E-state index contributed by atoms with van der Waals surface area (Å²) in [6.07, 6.45) is 1.19. The number of likely N-dealkylation sites (N-methyl/N-ethyl adjacent to an activating group) is 1. The van der Waals surface area contributed by atoms with Crippen molar-refractivity contribution in [3.8, 4) is 0 Å². The van der Waals surface area contributed by atoms with Crippen molar-refractivity contribution in [1.82, 2.24) is 13.6 Å². The average molecular weight is 249 g/mol. The molecule has 0 atom stereocenters. The highest BCUT2D eigenvalue weighted by Crippen LogP contribution is 2.17. The minimum absolute atomic E-state index is 0.471. The van der Waals surface area contributed by atoms with E-state index in [1.165, 1.54) is 6.42 Å². The number of halogens is 1. The number of hydrogen-bond acceptors (Lipinski definition) is 5. The molecule has 6 heteroatoms. The number of rotatable bonds is 7. The monoisotopic (exact) mass is 248 g/mol. The van der Waals surface area contributed by atoms with Crippen LogP contribution in [0.4, 0.5) is 5.82 Å². The summed E-state index contributed by atoms with van der Waals surface area (Å²) in [4.78, 5) is 2.39. The molecular weight excluding hydrogens is 232 g/mol. The van der Waals surface area contributed by atoms with E-state index in [1.807, 2.05) is 0 Å². The fourth-order valence-corrected chi connectivity index (χ4v) is 2.04. The third-order valence-corrected chi connectivity index (χ3v) is 3.05. The lowest BCUT2D eigenvalue weighted by Gasteiger charge is -2.19. The predicted octanol–water partition coefficient (Wildman–Crippen LogP) is 2.34. The van der Waals surface area contributed by atoms with Crippen molar-refractivity contribution in [1.29, 1.82) is 0 Å². The molecule has 1 N–H and O–H groups in total. The molecule has 1 heterocycles. The van der Waals surface area contributed by atoms with Crippen molar-refractivity contribution in [2.75, 3.05) is 31.5 Å². The average Bonchev–Trinajstić information content (AvgIpc) is 2.63. The fraction of sp³-hybridized carbons (Fsp3) is 0.778. The molecule has 0 saturated carbocycles. The van der Waals surface area contributed by atoms with Crippen molar-refractivity contribution in [3.63, 3.8) is 0 Å². The van der Waals surface area contributed by atoms with Crippen molar-refractivity contribution in [2.24, 2.45) is 0 Å². The highest BCUT2D eigenvalue weighted by atomic mass is 35.5. The smallest absolute Gasteiger partial charge is 0.186 e. The van der Waals surface area contributed by atoms with Crippen LogP contribution in [0.1, 0.15) is 20.3 Å². The van der Waals surface area contributed by atoms with Gasteiger partial charge in [-0.15, -0.1) is 0 Å². The molecule has 0 amide bonds. The van der Waals surface area contributed by atoms with Gasteiger partial charge in [0.15, 0.2) is 11.0 Å². The molecule has 0 aliphatic heterocycles. The molecule has 4 nitrogen and oxygen atoms in total. The lowest BCUT2D eigenvalue weighted by atomic mass is 10.4. The maximum absolute atomic E-state index is 5.81. The summed E-state index contributed by atoms with van der Waals surface area (Å²) in [5.74, 6) is 0.703. The Kier molecular flexibility index (Phi) is 5.90. The van der Waals surface area contributed by atoms with Gasteiger partial charge in [0.25, 0.3) is 0 Å². The summed E-state index contributed by atoms with van der Waals surface area (Å²) in [6, 6.07) is 0. The third kappa shape index (κ3) is 4.32. The van der Waals surface area contributed by atoms with Gasteiger partial charge in [0.1, 0.15) is 0 Å². The molecule has 0 bridgehead atoms.